The second kappa shape index (κ2) is 6.99. The normalized spacial score (nSPS) is 18.5. The van der Waals surface area contributed by atoms with Crippen LogP contribution in [-0.4, -0.2) is 23.9 Å². The minimum absolute atomic E-state index is 0.00959. The highest BCUT2D eigenvalue weighted by Crippen LogP contribution is 2.35. The first-order valence-corrected chi connectivity index (χ1v) is 7.89. The third kappa shape index (κ3) is 3.51. The molecule has 1 saturated heterocycles. The minimum atomic E-state index is 0.00959. The van der Waals surface area contributed by atoms with Crippen LogP contribution in [0.4, 0.5) is 0 Å². The van der Waals surface area contributed by atoms with E-state index in [2.05, 4.69) is 10.2 Å². The van der Waals surface area contributed by atoms with Gasteiger partial charge in [-0.2, -0.15) is 0 Å². The van der Waals surface area contributed by atoms with E-state index in [1.54, 1.807) is 6.26 Å². The number of likely N-dealkylation sites (tertiary alicyclic amines) is 1. The third-order valence-electron chi connectivity index (χ3n) is 4.01. The highest BCUT2D eigenvalue weighted by atomic mass is 35.5. The Morgan fingerprint density at radius 2 is 2.18 bits per heavy atom. The van der Waals surface area contributed by atoms with Gasteiger partial charge in [0.2, 0.25) is 5.91 Å². The van der Waals surface area contributed by atoms with Crippen molar-refractivity contribution in [2.75, 3.05) is 13.1 Å². The van der Waals surface area contributed by atoms with E-state index in [0.29, 0.717) is 13.1 Å². The van der Waals surface area contributed by atoms with Crippen molar-refractivity contribution in [2.45, 2.75) is 25.4 Å². The van der Waals surface area contributed by atoms with Crippen molar-refractivity contribution >= 4 is 17.5 Å². The van der Waals surface area contributed by atoms with Gasteiger partial charge in [-0.3, -0.25) is 9.69 Å². The second-order valence-electron chi connectivity index (χ2n) is 5.51. The molecule has 1 atom stereocenters. The molecule has 0 bridgehead atoms. The van der Waals surface area contributed by atoms with Gasteiger partial charge in [0.1, 0.15) is 5.76 Å². The lowest BCUT2D eigenvalue weighted by molar-refractivity contribution is -0.122. The zero-order valence-electron chi connectivity index (χ0n) is 12.3. The maximum absolute atomic E-state index is 12.1. The molecule has 5 heteroatoms. The Morgan fingerprint density at radius 3 is 2.95 bits per heavy atom. The number of rotatable bonds is 5. The molecule has 1 unspecified atom stereocenters. The van der Waals surface area contributed by atoms with Crippen molar-refractivity contribution in [3.8, 4) is 0 Å². The van der Waals surface area contributed by atoms with Gasteiger partial charge in [0, 0.05) is 11.1 Å². The molecule has 3 rings (SSSR count). The van der Waals surface area contributed by atoms with Crippen molar-refractivity contribution in [1.29, 1.82) is 0 Å². The Morgan fingerprint density at radius 1 is 1.32 bits per heavy atom. The summed E-state index contributed by atoms with van der Waals surface area (Å²) in [6.07, 6.45) is 3.73. The smallest absolute Gasteiger partial charge is 0.234 e. The van der Waals surface area contributed by atoms with Crippen LogP contribution in [0.2, 0.25) is 5.02 Å². The van der Waals surface area contributed by atoms with Crippen molar-refractivity contribution in [3.63, 3.8) is 0 Å². The molecule has 0 spiro atoms. The fraction of sp³-hybridized carbons (Fsp3) is 0.353. The van der Waals surface area contributed by atoms with E-state index in [1.807, 2.05) is 36.4 Å². The highest BCUT2D eigenvalue weighted by molar-refractivity contribution is 6.31. The lowest BCUT2D eigenvalue weighted by Gasteiger charge is -2.24. The monoisotopic (exact) mass is 318 g/mol. The van der Waals surface area contributed by atoms with Crippen molar-refractivity contribution in [3.05, 3.63) is 59.0 Å². The number of nitrogens with one attached hydrogen (secondary N) is 1. The molecule has 1 aromatic heterocycles. The van der Waals surface area contributed by atoms with Crippen LogP contribution in [0.1, 0.15) is 30.2 Å². The molecule has 1 fully saturated rings. The van der Waals surface area contributed by atoms with Gasteiger partial charge in [-0.1, -0.05) is 29.8 Å². The van der Waals surface area contributed by atoms with Gasteiger partial charge in [-0.15, -0.1) is 0 Å². The fourth-order valence-electron chi connectivity index (χ4n) is 2.95. The van der Waals surface area contributed by atoms with Gasteiger partial charge in [0.15, 0.2) is 0 Å². The molecular weight excluding hydrogens is 300 g/mol. The van der Waals surface area contributed by atoms with E-state index < -0.39 is 0 Å². The lowest BCUT2D eigenvalue weighted by atomic mass is 10.0. The molecule has 22 heavy (non-hydrogen) atoms. The number of carbonyl (C=O) groups is 1. The van der Waals surface area contributed by atoms with Crippen LogP contribution in [0.25, 0.3) is 0 Å². The number of nitrogens with zero attached hydrogens (tertiary/aromatic N) is 1. The number of carbonyl (C=O) groups excluding carboxylic acids is 1. The first-order chi connectivity index (χ1) is 10.7. The summed E-state index contributed by atoms with van der Waals surface area (Å²) in [5.74, 6) is 0.771. The van der Waals surface area contributed by atoms with Crippen LogP contribution in [-0.2, 0) is 11.3 Å². The van der Waals surface area contributed by atoms with Crippen molar-refractivity contribution in [1.82, 2.24) is 10.2 Å². The average molecular weight is 319 g/mol. The molecule has 1 aliphatic heterocycles. The molecule has 4 nitrogen and oxygen atoms in total. The molecule has 0 radical (unpaired) electrons. The molecule has 1 aromatic carbocycles. The largest absolute Gasteiger partial charge is 0.467 e. The van der Waals surface area contributed by atoms with E-state index in [9.17, 15) is 4.79 Å². The Hall–Kier alpha value is -1.78. The number of benzene rings is 1. The van der Waals surface area contributed by atoms with E-state index in [-0.39, 0.29) is 11.9 Å². The number of amides is 1. The predicted octanol–water partition coefficient (Wildman–Crippen LogP) is 3.39. The molecule has 0 saturated carbocycles. The molecule has 116 valence electrons. The van der Waals surface area contributed by atoms with Gasteiger partial charge in [-0.05, 0) is 43.1 Å². The van der Waals surface area contributed by atoms with Crippen LogP contribution >= 0.6 is 11.6 Å². The lowest BCUT2D eigenvalue weighted by Crippen LogP contribution is -2.36. The Kier molecular flexibility index (Phi) is 4.80. The van der Waals surface area contributed by atoms with Gasteiger partial charge in [-0.25, -0.2) is 0 Å². The predicted molar refractivity (Wildman–Crippen MR) is 85.6 cm³/mol. The summed E-state index contributed by atoms with van der Waals surface area (Å²) < 4.78 is 5.21. The fourth-order valence-corrected chi connectivity index (χ4v) is 3.21. The van der Waals surface area contributed by atoms with Gasteiger partial charge >= 0.3 is 0 Å². The molecule has 1 amide bonds. The first-order valence-electron chi connectivity index (χ1n) is 7.51. The van der Waals surface area contributed by atoms with Crippen molar-refractivity contribution in [2.24, 2.45) is 0 Å². The van der Waals surface area contributed by atoms with E-state index in [1.165, 1.54) is 0 Å². The SMILES string of the molecule is O=C(CN1CCCC1c1ccccc1Cl)NCc1ccco1. The van der Waals surface area contributed by atoms with Gasteiger partial charge in [0.05, 0.1) is 19.4 Å². The summed E-state index contributed by atoms with van der Waals surface area (Å²) in [5.41, 5.74) is 1.11. The standard InChI is InChI=1S/C17H19ClN2O2/c18-15-7-2-1-6-14(15)16-8-3-9-20(16)12-17(21)19-11-13-5-4-10-22-13/h1-2,4-7,10,16H,3,8-9,11-12H2,(H,19,21). The molecule has 2 aromatic rings. The molecule has 2 heterocycles. The quantitative estimate of drug-likeness (QED) is 0.919. The number of furan rings is 1. The first kappa shape index (κ1) is 15.1. The zero-order chi connectivity index (χ0) is 15.4. The molecule has 0 aliphatic carbocycles. The van der Waals surface area contributed by atoms with Crippen LogP contribution in [0, 0.1) is 0 Å². The summed E-state index contributed by atoms with van der Waals surface area (Å²) in [6, 6.07) is 11.8. The second-order valence-corrected chi connectivity index (χ2v) is 5.91. The maximum Gasteiger partial charge on any atom is 0.234 e. The third-order valence-corrected chi connectivity index (χ3v) is 4.36. The highest BCUT2D eigenvalue weighted by Gasteiger charge is 2.28. The molecule has 1 N–H and O–H groups in total. The Labute approximate surface area is 135 Å². The van der Waals surface area contributed by atoms with Gasteiger partial charge < -0.3 is 9.73 Å². The topological polar surface area (TPSA) is 45.5 Å². The summed E-state index contributed by atoms with van der Waals surface area (Å²) in [4.78, 5) is 14.3. The van der Waals surface area contributed by atoms with Crippen LogP contribution in [0.3, 0.4) is 0 Å². The van der Waals surface area contributed by atoms with Crippen LogP contribution < -0.4 is 5.32 Å². The number of hydrogen-bond donors (Lipinski definition) is 1. The molecule has 1 aliphatic rings. The van der Waals surface area contributed by atoms with Crippen LogP contribution in [0.5, 0.6) is 0 Å². The number of hydrogen-bond acceptors (Lipinski definition) is 3. The average Bonchev–Trinajstić information content (AvgIpc) is 3.17. The van der Waals surface area contributed by atoms with E-state index >= 15 is 0 Å². The van der Waals surface area contributed by atoms with Crippen LogP contribution in [0.15, 0.2) is 47.1 Å². The summed E-state index contributed by atoms with van der Waals surface area (Å²) >= 11 is 6.30. The molecular formula is C17H19ClN2O2. The van der Waals surface area contributed by atoms with Crippen molar-refractivity contribution < 1.29 is 9.21 Å². The zero-order valence-corrected chi connectivity index (χ0v) is 13.1. The summed E-state index contributed by atoms with van der Waals surface area (Å²) in [6.45, 7) is 1.73. The minimum Gasteiger partial charge on any atom is -0.467 e. The van der Waals surface area contributed by atoms with E-state index in [0.717, 1.165) is 35.7 Å². The van der Waals surface area contributed by atoms with E-state index in [4.69, 9.17) is 16.0 Å². The Bertz CT molecular complexity index is 627. The summed E-state index contributed by atoms with van der Waals surface area (Å²) in [5, 5.41) is 3.66. The Balaban J connectivity index is 1.59. The summed E-state index contributed by atoms with van der Waals surface area (Å²) in [7, 11) is 0. The number of halogens is 1. The van der Waals surface area contributed by atoms with Gasteiger partial charge in [0.25, 0.3) is 0 Å². The maximum atomic E-state index is 12.1.